The zero-order chi connectivity index (χ0) is 34.0. The standard InChI is InChI=1S/C25H31N9O2.C7H5NO3S/c1-16(34-12-10-32(2)11-13-34)23(35)28-20-7-5-6-17-18(14-27-22(17)20)19-8-9-26-25(29-19)30-21-15-33(3)31-24(21)36-4;9-7-5-3-1-2-4-6(5)12(10,11)8-7/h5-9,14-16,27H,10-13H2,1-4H3,(H,28,35)(H,26,29,30);1-4H,(H,8,9). The average Bonchev–Trinajstić information content (AvgIpc) is 3.74. The van der Waals surface area contributed by atoms with Crippen molar-refractivity contribution in [1.82, 2.24) is 39.3 Å². The molecule has 0 radical (unpaired) electrons. The van der Waals surface area contributed by atoms with Gasteiger partial charge in [0.25, 0.3) is 21.8 Å². The molecule has 0 aliphatic carbocycles. The van der Waals surface area contributed by atoms with Crippen LogP contribution in [0.1, 0.15) is 17.3 Å². The second-order valence-corrected chi connectivity index (χ2v) is 13.1. The van der Waals surface area contributed by atoms with Crippen molar-refractivity contribution in [3.8, 4) is 17.1 Å². The molecule has 250 valence electrons. The second kappa shape index (κ2) is 13.4. The molecular weight excluding hydrogens is 636 g/mol. The van der Waals surface area contributed by atoms with Crippen molar-refractivity contribution in [3.63, 3.8) is 0 Å². The van der Waals surface area contributed by atoms with Crippen LogP contribution >= 0.6 is 0 Å². The van der Waals surface area contributed by atoms with Crippen molar-refractivity contribution in [1.29, 1.82) is 0 Å². The van der Waals surface area contributed by atoms with Crippen LogP contribution in [0.5, 0.6) is 5.88 Å². The average molecular weight is 673 g/mol. The Morgan fingerprint density at radius 2 is 1.77 bits per heavy atom. The normalized spacial score (nSPS) is 16.4. The molecule has 2 aromatic carbocycles. The molecule has 0 saturated carbocycles. The molecule has 2 amide bonds. The van der Waals surface area contributed by atoms with Gasteiger partial charge in [-0.2, -0.15) is 0 Å². The van der Waals surface area contributed by atoms with E-state index in [4.69, 9.17) is 9.72 Å². The number of carbonyl (C=O) groups is 2. The highest BCUT2D eigenvalue weighted by molar-refractivity contribution is 7.90. The van der Waals surface area contributed by atoms with Gasteiger partial charge >= 0.3 is 0 Å². The van der Waals surface area contributed by atoms with Gasteiger partial charge in [0.1, 0.15) is 10.6 Å². The first-order chi connectivity index (χ1) is 23.0. The van der Waals surface area contributed by atoms with E-state index in [0.29, 0.717) is 17.5 Å². The van der Waals surface area contributed by atoms with Crippen molar-refractivity contribution in [2.45, 2.75) is 17.9 Å². The zero-order valence-electron chi connectivity index (χ0n) is 26.9. The summed E-state index contributed by atoms with van der Waals surface area (Å²) in [6.07, 6.45) is 5.41. The molecule has 1 atom stereocenters. The molecule has 5 aromatic rings. The fourth-order valence-electron chi connectivity index (χ4n) is 5.60. The Morgan fingerprint density at radius 3 is 2.52 bits per heavy atom. The highest BCUT2D eigenvalue weighted by Crippen LogP contribution is 2.32. The number of amides is 2. The molecule has 1 saturated heterocycles. The number of hydrogen-bond donors (Lipinski definition) is 4. The first kappa shape index (κ1) is 32.6. The number of nitrogens with one attached hydrogen (secondary N) is 4. The number of methoxy groups -OCH3 is 1. The van der Waals surface area contributed by atoms with E-state index in [-0.39, 0.29) is 22.4 Å². The lowest BCUT2D eigenvalue weighted by molar-refractivity contribution is -0.121. The maximum Gasteiger partial charge on any atom is 0.266 e. The number of sulfonamides is 1. The molecule has 1 unspecified atom stereocenters. The summed E-state index contributed by atoms with van der Waals surface area (Å²) in [6, 6.07) is 13.6. The molecule has 16 heteroatoms. The highest BCUT2D eigenvalue weighted by Gasteiger charge is 2.31. The Bertz CT molecular complexity index is 2090. The van der Waals surface area contributed by atoms with E-state index in [1.807, 2.05) is 49.2 Å². The lowest BCUT2D eigenvalue weighted by Gasteiger charge is -2.35. The van der Waals surface area contributed by atoms with Gasteiger partial charge in [0.05, 0.1) is 41.8 Å². The number of aromatic amines is 1. The Morgan fingerprint density at radius 1 is 1.00 bits per heavy atom. The Hall–Kier alpha value is -5.32. The number of likely N-dealkylation sites (N-methyl/N-ethyl adjacent to an activating group) is 1. The van der Waals surface area contributed by atoms with E-state index in [9.17, 15) is 18.0 Å². The second-order valence-electron chi connectivity index (χ2n) is 11.5. The number of para-hydroxylation sites is 1. The SMILES string of the molecule is COc1nn(C)cc1Nc1nccc(-c2c[nH]c3c(NC(=O)C(C)N4CCN(C)CC4)cccc23)n1.O=C1NS(=O)(=O)c2ccccc21. The van der Waals surface area contributed by atoms with E-state index in [2.05, 4.69) is 42.5 Å². The molecular formula is C32H36N10O5S. The molecule has 3 aromatic heterocycles. The number of piperazine rings is 1. The van der Waals surface area contributed by atoms with E-state index in [1.165, 1.54) is 12.1 Å². The first-order valence-electron chi connectivity index (χ1n) is 15.2. The van der Waals surface area contributed by atoms with Crippen LogP contribution in [-0.4, -0.2) is 101 Å². The number of carbonyl (C=O) groups excluding carboxylic acids is 2. The summed E-state index contributed by atoms with van der Waals surface area (Å²) < 4.78 is 31.1. The number of benzene rings is 2. The maximum atomic E-state index is 13.1. The van der Waals surface area contributed by atoms with Gasteiger partial charge in [-0.15, -0.1) is 5.10 Å². The summed E-state index contributed by atoms with van der Waals surface area (Å²) in [4.78, 5) is 41.0. The van der Waals surface area contributed by atoms with Crippen LogP contribution in [0.15, 0.2) is 72.0 Å². The van der Waals surface area contributed by atoms with Crippen LogP contribution in [0, 0.1) is 0 Å². The number of nitrogens with zero attached hydrogens (tertiary/aromatic N) is 6. The third-order valence-corrected chi connectivity index (χ3v) is 9.64. The summed E-state index contributed by atoms with van der Waals surface area (Å²) in [7, 11) is 1.94. The van der Waals surface area contributed by atoms with Gasteiger partial charge < -0.3 is 25.3 Å². The fourth-order valence-corrected chi connectivity index (χ4v) is 6.77. The summed E-state index contributed by atoms with van der Waals surface area (Å²) in [6.45, 7) is 5.68. The summed E-state index contributed by atoms with van der Waals surface area (Å²) in [5.41, 5.74) is 4.16. The van der Waals surface area contributed by atoms with Gasteiger partial charge in [-0.05, 0) is 38.2 Å². The summed E-state index contributed by atoms with van der Waals surface area (Å²) in [5, 5.41) is 11.5. The predicted octanol–water partition coefficient (Wildman–Crippen LogP) is 2.80. The van der Waals surface area contributed by atoms with Gasteiger partial charge in [-0.3, -0.25) is 19.2 Å². The number of fused-ring (bicyclic) bond motifs is 2. The summed E-state index contributed by atoms with van der Waals surface area (Å²) in [5.74, 6) is 0.330. The number of H-pyrrole nitrogens is 1. The van der Waals surface area contributed by atoms with Crippen molar-refractivity contribution in [3.05, 3.63) is 72.7 Å². The minimum atomic E-state index is -3.55. The third-order valence-electron chi connectivity index (χ3n) is 8.25. The molecule has 4 N–H and O–H groups in total. The lowest BCUT2D eigenvalue weighted by atomic mass is 10.1. The van der Waals surface area contributed by atoms with Crippen molar-refractivity contribution >= 4 is 50.1 Å². The zero-order valence-corrected chi connectivity index (χ0v) is 27.7. The molecule has 15 nitrogen and oxygen atoms in total. The topological polar surface area (TPSA) is 179 Å². The predicted molar refractivity (Wildman–Crippen MR) is 181 cm³/mol. The Kier molecular flexibility index (Phi) is 9.12. The lowest BCUT2D eigenvalue weighted by Crippen LogP contribution is -2.51. The van der Waals surface area contributed by atoms with Crippen molar-refractivity contribution in [2.75, 3.05) is 51.0 Å². The number of aromatic nitrogens is 5. The van der Waals surface area contributed by atoms with Gasteiger partial charge in [0.2, 0.25) is 11.9 Å². The first-order valence-corrected chi connectivity index (χ1v) is 16.7. The van der Waals surface area contributed by atoms with Crippen LogP contribution in [0.25, 0.3) is 22.2 Å². The molecule has 2 aliphatic rings. The Labute approximate surface area is 277 Å². The van der Waals surface area contributed by atoms with Crippen LogP contribution in [0.3, 0.4) is 0 Å². The van der Waals surface area contributed by atoms with Gasteiger partial charge in [0, 0.05) is 56.6 Å². The summed E-state index contributed by atoms with van der Waals surface area (Å²) >= 11 is 0. The molecule has 5 heterocycles. The Balaban J connectivity index is 0.000000280. The van der Waals surface area contributed by atoms with Crippen molar-refractivity contribution < 1.29 is 22.7 Å². The van der Waals surface area contributed by atoms with Gasteiger partial charge in [0.15, 0.2) is 0 Å². The largest absolute Gasteiger partial charge is 0.478 e. The molecule has 1 fully saturated rings. The number of ether oxygens (including phenoxy) is 1. The fraction of sp³-hybridized carbons (Fsp3) is 0.281. The van der Waals surface area contributed by atoms with E-state index >= 15 is 0 Å². The third kappa shape index (κ3) is 6.71. The van der Waals surface area contributed by atoms with Crippen molar-refractivity contribution in [2.24, 2.45) is 7.05 Å². The number of aryl methyl sites for hydroxylation is 1. The highest BCUT2D eigenvalue weighted by atomic mass is 32.2. The van der Waals surface area contributed by atoms with Crippen LogP contribution in [-0.2, 0) is 21.9 Å². The number of rotatable bonds is 7. The molecule has 48 heavy (non-hydrogen) atoms. The smallest absolute Gasteiger partial charge is 0.266 e. The van der Waals surface area contributed by atoms with E-state index in [0.717, 1.165) is 54.0 Å². The van der Waals surface area contributed by atoms with Crippen LogP contribution in [0.4, 0.5) is 17.3 Å². The van der Waals surface area contributed by atoms with Crippen LogP contribution < -0.4 is 20.1 Å². The van der Waals surface area contributed by atoms with E-state index < -0.39 is 15.9 Å². The molecule has 7 rings (SSSR count). The minimum absolute atomic E-state index is 0.0119. The monoisotopic (exact) mass is 672 g/mol. The number of hydrogen-bond acceptors (Lipinski definition) is 11. The maximum absolute atomic E-state index is 13.1. The van der Waals surface area contributed by atoms with E-state index in [1.54, 1.807) is 36.3 Å². The molecule has 0 bridgehead atoms. The molecule has 0 spiro atoms. The van der Waals surface area contributed by atoms with Crippen LogP contribution in [0.2, 0.25) is 0 Å². The minimum Gasteiger partial charge on any atom is -0.478 e. The number of anilines is 3. The quantitative estimate of drug-likeness (QED) is 0.200. The van der Waals surface area contributed by atoms with Gasteiger partial charge in [-0.1, -0.05) is 24.3 Å². The van der Waals surface area contributed by atoms with Gasteiger partial charge in [-0.25, -0.2) is 23.1 Å². The molecule has 2 aliphatic heterocycles.